The lowest BCUT2D eigenvalue weighted by molar-refractivity contribution is 0.0720. The number of rotatable bonds is 4. The summed E-state index contributed by atoms with van der Waals surface area (Å²) in [6.07, 6.45) is 1.62. The minimum atomic E-state index is -0.866. The highest BCUT2D eigenvalue weighted by atomic mass is 19.1. The molecule has 22 heavy (non-hydrogen) atoms. The summed E-state index contributed by atoms with van der Waals surface area (Å²) in [5.74, 6) is -2.76. The largest absolute Gasteiger partial charge is 0.331 e. The molecule has 2 nitrogen and oxygen atoms in total. The predicted molar refractivity (Wildman–Crippen MR) is 75.7 cm³/mol. The van der Waals surface area contributed by atoms with Gasteiger partial charge in [0.05, 0.1) is 0 Å². The highest BCUT2D eigenvalue weighted by Gasteiger charge is 2.35. The van der Waals surface area contributed by atoms with Gasteiger partial charge in [-0.2, -0.15) is 0 Å². The maximum absolute atomic E-state index is 13.8. The van der Waals surface area contributed by atoms with Crippen molar-refractivity contribution in [3.05, 3.63) is 71.0 Å². The second-order valence-electron chi connectivity index (χ2n) is 5.39. The predicted octanol–water partition coefficient (Wildman–Crippen LogP) is 3.91. The first-order chi connectivity index (χ1) is 10.6. The molecule has 0 radical (unpaired) electrons. The molecule has 3 rings (SSSR count). The number of carbonyl (C=O) groups excluding carboxylic acids is 1. The van der Waals surface area contributed by atoms with Crippen molar-refractivity contribution in [3.63, 3.8) is 0 Å². The summed E-state index contributed by atoms with van der Waals surface area (Å²) >= 11 is 0. The number of benzene rings is 2. The Kier molecular flexibility index (Phi) is 3.88. The Morgan fingerprint density at radius 3 is 2.14 bits per heavy atom. The topological polar surface area (TPSA) is 20.3 Å². The zero-order valence-corrected chi connectivity index (χ0v) is 11.7. The number of nitrogens with zero attached hydrogens (tertiary/aromatic N) is 1. The van der Waals surface area contributed by atoms with Crippen LogP contribution >= 0.6 is 0 Å². The molecule has 0 spiro atoms. The van der Waals surface area contributed by atoms with Gasteiger partial charge in [0.15, 0.2) is 0 Å². The van der Waals surface area contributed by atoms with Crippen LogP contribution in [0.15, 0.2) is 42.5 Å². The van der Waals surface area contributed by atoms with Crippen LogP contribution in [0.2, 0.25) is 0 Å². The van der Waals surface area contributed by atoms with E-state index in [4.69, 9.17) is 0 Å². The summed E-state index contributed by atoms with van der Waals surface area (Å²) in [6.45, 7) is 0.206. The summed E-state index contributed by atoms with van der Waals surface area (Å²) in [4.78, 5) is 14.0. The maximum atomic E-state index is 13.8. The van der Waals surface area contributed by atoms with E-state index >= 15 is 0 Å². The molecule has 1 aliphatic carbocycles. The molecule has 2 aromatic carbocycles. The van der Waals surface area contributed by atoms with Gasteiger partial charge < -0.3 is 4.90 Å². The van der Waals surface area contributed by atoms with Crippen LogP contribution in [-0.4, -0.2) is 16.8 Å². The van der Waals surface area contributed by atoms with E-state index in [2.05, 4.69) is 0 Å². The van der Waals surface area contributed by atoms with Gasteiger partial charge in [0.1, 0.15) is 23.0 Å². The summed E-state index contributed by atoms with van der Waals surface area (Å²) in [7, 11) is 0. The molecular formula is C17H14F3NO. The molecule has 0 heterocycles. The Balaban J connectivity index is 1.88. The molecular weight excluding hydrogens is 291 g/mol. The van der Waals surface area contributed by atoms with Crippen molar-refractivity contribution in [1.82, 2.24) is 4.90 Å². The Bertz CT molecular complexity index is 675. The quantitative estimate of drug-likeness (QED) is 0.838. The molecule has 1 amide bonds. The molecule has 5 heteroatoms. The van der Waals surface area contributed by atoms with Crippen molar-refractivity contribution in [2.45, 2.75) is 25.4 Å². The molecule has 2 aromatic rings. The molecule has 0 atom stereocenters. The Morgan fingerprint density at radius 2 is 1.59 bits per heavy atom. The number of hydrogen-bond acceptors (Lipinski definition) is 1. The van der Waals surface area contributed by atoms with Gasteiger partial charge >= 0.3 is 0 Å². The van der Waals surface area contributed by atoms with Crippen LogP contribution in [-0.2, 0) is 6.54 Å². The lowest BCUT2D eigenvalue weighted by Crippen LogP contribution is -2.33. The zero-order valence-electron chi connectivity index (χ0n) is 11.7. The Morgan fingerprint density at radius 1 is 1.00 bits per heavy atom. The van der Waals surface area contributed by atoms with Crippen LogP contribution in [0.5, 0.6) is 0 Å². The van der Waals surface area contributed by atoms with Gasteiger partial charge in [-0.15, -0.1) is 0 Å². The van der Waals surface area contributed by atoms with Crippen molar-refractivity contribution in [3.8, 4) is 0 Å². The standard InChI is InChI=1S/C17H14F3NO/c18-12-6-4-11(5-7-12)10-21(13-8-9-13)17(22)16-14(19)2-1-3-15(16)20/h1-7,13H,8-10H2. The molecule has 0 N–H and O–H groups in total. The summed E-state index contributed by atoms with van der Waals surface area (Å²) in [6, 6.07) is 9.08. The molecule has 0 unspecified atom stereocenters. The number of amides is 1. The van der Waals surface area contributed by atoms with E-state index in [1.165, 1.54) is 23.1 Å². The van der Waals surface area contributed by atoms with E-state index in [1.807, 2.05) is 0 Å². The van der Waals surface area contributed by atoms with Gasteiger partial charge in [-0.05, 0) is 42.7 Å². The third-order valence-corrected chi connectivity index (χ3v) is 3.69. The molecule has 0 saturated heterocycles. The van der Waals surface area contributed by atoms with E-state index in [-0.39, 0.29) is 18.4 Å². The van der Waals surface area contributed by atoms with Crippen LogP contribution in [0.1, 0.15) is 28.8 Å². The maximum Gasteiger partial charge on any atom is 0.260 e. The minimum Gasteiger partial charge on any atom is -0.331 e. The van der Waals surface area contributed by atoms with Crippen LogP contribution in [0.3, 0.4) is 0 Å². The average Bonchev–Trinajstić information content (AvgIpc) is 3.31. The normalized spacial score (nSPS) is 14.0. The minimum absolute atomic E-state index is 0.0171. The first-order valence-electron chi connectivity index (χ1n) is 7.05. The Labute approximate surface area is 126 Å². The van der Waals surface area contributed by atoms with E-state index in [9.17, 15) is 18.0 Å². The van der Waals surface area contributed by atoms with Gasteiger partial charge in [-0.3, -0.25) is 4.79 Å². The highest BCUT2D eigenvalue weighted by Crippen LogP contribution is 2.30. The summed E-state index contributed by atoms with van der Waals surface area (Å²) < 4.78 is 40.5. The van der Waals surface area contributed by atoms with Crippen molar-refractivity contribution >= 4 is 5.91 Å². The zero-order chi connectivity index (χ0) is 15.7. The third kappa shape index (κ3) is 2.98. The fourth-order valence-corrected chi connectivity index (χ4v) is 2.39. The summed E-state index contributed by atoms with van der Waals surface area (Å²) in [5.41, 5.74) is 0.190. The lowest BCUT2D eigenvalue weighted by atomic mass is 10.1. The van der Waals surface area contributed by atoms with E-state index in [0.717, 1.165) is 30.5 Å². The Hall–Kier alpha value is -2.30. The van der Waals surface area contributed by atoms with E-state index < -0.39 is 23.1 Å². The molecule has 0 aliphatic heterocycles. The second kappa shape index (κ2) is 5.83. The SMILES string of the molecule is O=C(c1c(F)cccc1F)N(Cc1ccc(F)cc1)C1CC1. The van der Waals surface area contributed by atoms with Gasteiger partial charge in [0.2, 0.25) is 0 Å². The van der Waals surface area contributed by atoms with Crippen LogP contribution in [0.25, 0.3) is 0 Å². The fourth-order valence-electron chi connectivity index (χ4n) is 2.39. The van der Waals surface area contributed by atoms with Crippen molar-refractivity contribution < 1.29 is 18.0 Å². The van der Waals surface area contributed by atoms with Crippen molar-refractivity contribution in [2.24, 2.45) is 0 Å². The van der Waals surface area contributed by atoms with Gasteiger partial charge in [0.25, 0.3) is 5.91 Å². The van der Waals surface area contributed by atoms with Crippen molar-refractivity contribution in [2.75, 3.05) is 0 Å². The monoisotopic (exact) mass is 305 g/mol. The van der Waals surface area contributed by atoms with Gasteiger partial charge in [0, 0.05) is 12.6 Å². The van der Waals surface area contributed by atoms with Gasteiger partial charge in [-0.25, -0.2) is 13.2 Å². The lowest BCUT2D eigenvalue weighted by Gasteiger charge is -2.23. The first kappa shape index (κ1) is 14.6. The third-order valence-electron chi connectivity index (χ3n) is 3.69. The highest BCUT2D eigenvalue weighted by molar-refractivity contribution is 5.95. The number of halogens is 3. The molecule has 0 aromatic heterocycles. The summed E-state index contributed by atoms with van der Waals surface area (Å²) in [5, 5.41) is 0. The second-order valence-corrected chi connectivity index (χ2v) is 5.39. The molecule has 1 saturated carbocycles. The van der Waals surface area contributed by atoms with E-state index in [1.54, 1.807) is 12.1 Å². The van der Waals surface area contributed by atoms with Crippen LogP contribution in [0.4, 0.5) is 13.2 Å². The van der Waals surface area contributed by atoms with Crippen molar-refractivity contribution in [1.29, 1.82) is 0 Å². The van der Waals surface area contributed by atoms with E-state index in [0.29, 0.717) is 0 Å². The number of hydrogen-bond donors (Lipinski definition) is 0. The smallest absolute Gasteiger partial charge is 0.260 e. The average molecular weight is 305 g/mol. The fraction of sp³-hybridized carbons (Fsp3) is 0.235. The van der Waals surface area contributed by atoms with Gasteiger partial charge in [-0.1, -0.05) is 18.2 Å². The van der Waals surface area contributed by atoms with Crippen LogP contribution in [0, 0.1) is 17.5 Å². The molecule has 1 aliphatic rings. The first-order valence-corrected chi connectivity index (χ1v) is 7.05. The number of carbonyl (C=O) groups is 1. The molecule has 0 bridgehead atoms. The molecule has 1 fully saturated rings. The van der Waals surface area contributed by atoms with Crippen LogP contribution < -0.4 is 0 Å². The molecule has 114 valence electrons.